The summed E-state index contributed by atoms with van der Waals surface area (Å²) in [6, 6.07) is 7.59. The van der Waals surface area contributed by atoms with E-state index in [0.29, 0.717) is 12.0 Å². The van der Waals surface area contributed by atoms with Crippen LogP contribution in [0.4, 0.5) is 4.79 Å². The average Bonchev–Trinajstić information content (AvgIpc) is 3.01. The smallest absolute Gasteiger partial charge is 0.317 e. The zero-order chi connectivity index (χ0) is 19.8. The normalized spacial score (nSPS) is 24.2. The molecule has 1 saturated heterocycles. The van der Waals surface area contributed by atoms with Crippen molar-refractivity contribution in [2.24, 2.45) is 7.05 Å². The summed E-state index contributed by atoms with van der Waals surface area (Å²) in [6.07, 6.45) is 5.62. The number of carbonyl (C=O) groups excluding carboxylic acids is 1. The minimum Gasteiger partial charge on any atom is -0.350 e. The van der Waals surface area contributed by atoms with E-state index < -0.39 is 0 Å². The number of nitrogens with zero attached hydrogens (tertiary/aromatic N) is 3. The highest BCUT2D eigenvalue weighted by Gasteiger charge is 2.41. The summed E-state index contributed by atoms with van der Waals surface area (Å²) < 4.78 is 2.27. The summed E-state index contributed by atoms with van der Waals surface area (Å²) >= 11 is 0. The monoisotopic (exact) mass is 382 g/mol. The standard InChI is InChI=1S/C23H34N4O/c1-5-11-27-15-17(24-23(28)26(6-2)7-3)13-19-18-9-8-10-20-22(18)16(12-21(19)27)14-25(20)4/h8-10,14,17,19,21H,5-7,11-13,15H2,1-4H3,(H,24,28)/t17-,19+,21+/m0/s1. The fraction of sp³-hybridized carbons (Fsp3) is 0.609. The number of rotatable bonds is 5. The Kier molecular flexibility index (Phi) is 5.37. The highest BCUT2D eigenvalue weighted by molar-refractivity contribution is 5.89. The van der Waals surface area contributed by atoms with Gasteiger partial charge in [0.15, 0.2) is 0 Å². The van der Waals surface area contributed by atoms with Crippen molar-refractivity contribution in [3.63, 3.8) is 0 Å². The van der Waals surface area contributed by atoms with Crippen LogP contribution in [-0.2, 0) is 13.5 Å². The fourth-order valence-corrected chi connectivity index (χ4v) is 5.50. The van der Waals surface area contributed by atoms with Gasteiger partial charge in [0.25, 0.3) is 0 Å². The number of likely N-dealkylation sites (tertiary alicyclic amines) is 1. The SMILES string of the molecule is CCCN1C[C@@H](NC(=O)N(CC)CC)C[C@@H]2c3cccc4c3c(cn4C)C[C@H]21. The predicted octanol–water partition coefficient (Wildman–Crippen LogP) is 3.72. The van der Waals surface area contributed by atoms with Crippen LogP contribution in [0.5, 0.6) is 0 Å². The topological polar surface area (TPSA) is 40.5 Å². The second-order valence-electron chi connectivity index (χ2n) is 8.43. The largest absolute Gasteiger partial charge is 0.350 e. The van der Waals surface area contributed by atoms with Crippen molar-refractivity contribution in [3.05, 3.63) is 35.5 Å². The molecule has 2 heterocycles. The van der Waals surface area contributed by atoms with Crippen LogP contribution in [0.1, 0.15) is 50.7 Å². The summed E-state index contributed by atoms with van der Waals surface area (Å²) in [6.45, 7) is 9.91. The second kappa shape index (κ2) is 7.78. The number of aromatic nitrogens is 1. The number of aryl methyl sites for hydroxylation is 1. The zero-order valence-electron chi connectivity index (χ0n) is 17.7. The van der Waals surface area contributed by atoms with Gasteiger partial charge in [-0.3, -0.25) is 4.90 Å². The predicted molar refractivity (Wildman–Crippen MR) is 115 cm³/mol. The molecule has 0 unspecified atom stereocenters. The minimum absolute atomic E-state index is 0.0827. The Bertz CT molecular complexity index is 854. The van der Waals surface area contributed by atoms with Crippen molar-refractivity contribution in [1.29, 1.82) is 0 Å². The van der Waals surface area contributed by atoms with Crippen LogP contribution in [0, 0.1) is 0 Å². The van der Waals surface area contributed by atoms with Crippen LogP contribution in [0.25, 0.3) is 10.9 Å². The molecule has 0 radical (unpaired) electrons. The van der Waals surface area contributed by atoms with E-state index in [1.165, 1.54) is 22.0 Å². The van der Waals surface area contributed by atoms with Gasteiger partial charge in [-0.25, -0.2) is 4.79 Å². The molecule has 152 valence electrons. The molecule has 1 aromatic heterocycles. The first-order valence-electron chi connectivity index (χ1n) is 10.9. The molecule has 1 fully saturated rings. The maximum Gasteiger partial charge on any atom is 0.317 e. The molecule has 0 saturated carbocycles. The lowest BCUT2D eigenvalue weighted by atomic mass is 9.74. The van der Waals surface area contributed by atoms with Crippen molar-refractivity contribution < 1.29 is 4.79 Å². The first-order valence-corrected chi connectivity index (χ1v) is 10.9. The van der Waals surface area contributed by atoms with Gasteiger partial charge in [0.2, 0.25) is 0 Å². The highest BCUT2D eigenvalue weighted by atomic mass is 16.2. The number of hydrogen-bond acceptors (Lipinski definition) is 2. The molecule has 1 aliphatic carbocycles. The number of nitrogens with one attached hydrogen (secondary N) is 1. The number of piperidine rings is 1. The lowest BCUT2D eigenvalue weighted by Crippen LogP contribution is -2.57. The van der Waals surface area contributed by atoms with Crippen molar-refractivity contribution in [2.75, 3.05) is 26.2 Å². The number of hydrogen-bond donors (Lipinski definition) is 1. The Labute approximate surface area is 168 Å². The van der Waals surface area contributed by atoms with Gasteiger partial charge in [0.1, 0.15) is 0 Å². The molecule has 4 rings (SSSR count). The van der Waals surface area contributed by atoms with Gasteiger partial charge >= 0.3 is 6.03 Å². The van der Waals surface area contributed by atoms with Crippen LogP contribution in [0.2, 0.25) is 0 Å². The Morgan fingerprint density at radius 2 is 2.04 bits per heavy atom. The van der Waals surface area contributed by atoms with Crippen LogP contribution < -0.4 is 5.32 Å². The van der Waals surface area contributed by atoms with Crippen LogP contribution in [0.15, 0.2) is 24.4 Å². The van der Waals surface area contributed by atoms with Crippen molar-refractivity contribution in [1.82, 2.24) is 19.7 Å². The molecule has 1 N–H and O–H groups in total. The zero-order valence-corrected chi connectivity index (χ0v) is 17.7. The van der Waals surface area contributed by atoms with Gasteiger partial charge in [0.05, 0.1) is 0 Å². The summed E-state index contributed by atoms with van der Waals surface area (Å²) in [5, 5.41) is 4.80. The molecule has 2 aliphatic rings. The lowest BCUT2D eigenvalue weighted by molar-refractivity contribution is 0.0979. The van der Waals surface area contributed by atoms with E-state index in [9.17, 15) is 4.79 Å². The molecule has 0 bridgehead atoms. The number of benzene rings is 1. The van der Waals surface area contributed by atoms with Crippen molar-refractivity contribution in [2.45, 2.75) is 58.0 Å². The van der Waals surface area contributed by atoms with E-state index in [1.54, 1.807) is 0 Å². The van der Waals surface area contributed by atoms with Gasteiger partial charge in [0, 0.05) is 61.8 Å². The molecule has 3 atom stereocenters. The third-order valence-electron chi connectivity index (χ3n) is 6.77. The number of urea groups is 1. The molecule has 1 aliphatic heterocycles. The van der Waals surface area contributed by atoms with E-state index >= 15 is 0 Å². The maximum absolute atomic E-state index is 12.7. The van der Waals surface area contributed by atoms with Crippen molar-refractivity contribution >= 4 is 16.9 Å². The molecule has 5 heteroatoms. The van der Waals surface area contributed by atoms with Gasteiger partial charge in [-0.2, -0.15) is 0 Å². The van der Waals surface area contributed by atoms with Gasteiger partial charge < -0.3 is 14.8 Å². The van der Waals surface area contributed by atoms with E-state index in [1.807, 2.05) is 18.7 Å². The maximum atomic E-state index is 12.7. The van der Waals surface area contributed by atoms with Gasteiger partial charge in [-0.15, -0.1) is 0 Å². The Morgan fingerprint density at radius 3 is 2.75 bits per heavy atom. The first kappa shape index (κ1) is 19.3. The van der Waals surface area contributed by atoms with E-state index in [4.69, 9.17) is 0 Å². The van der Waals surface area contributed by atoms with E-state index in [-0.39, 0.29) is 12.1 Å². The van der Waals surface area contributed by atoms with Crippen molar-refractivity contribution in [3.8, 4) is 0 Å². The molecule has 2 aromatic rings. The fourth-order valence-electron chi connectivity index (χ4n) is 5.50. The van der Waals surface area contributed by atoms with E-state index in [2.05, 4.69) is 53.2 Å². The van der Waals surface area contributed by atoms with E-state index in [0.717, 1.165) is 45.4 Å². The number of carbonyl (C=O) groups is 1. The third kappa shape index (κ3) is 3.20. The quantitative estimate of drug-likeness (QED) is 0.856. The molecular formula is C23H34N4O. The molecule has 28 heavy (non-hydrogen) atoms. The Morgan fingerprint density at radius 1 is 1.25 bits per heavy atom. The number of fused-ring (bicyclic) bond motifs is 2. The molecule has 1 aromatic carbocycles. The Hall–Kier alpha value is -2.01. The summed E-state index contributed by atoms with van der Waals surface area (Å²) in [4.78, 5) is 17.2. The summed E-state index contributed by atoms with van der Waals surface area (Å²) in [7, 11) is 2.15. The Balaban J connectivity index is 1.65. The average molecular weight is 383 g/mol. The lowest BCUT2D eigenvalue weighted by Gasteiger charge is -2.47. The first-order chi connectivity index (χ1) is 13.6. The second-order valence-corrected chi connectivity index (χ2v) is 8.43. The molecule has 2 amide bonds. The van der Waals surface area contributed by atoms with Gasteiger partial charge in [-0.05, 0) is 56.8 Å². The number of amides is 2. The van der Waals surface area contributed by atoms with Crippen LogP contribution in [0.3, 0.4) is 0 Å². The van der Waals surface area contributed by atoms with Crippen LogP contribution in [-0.4, -0.2) is 58.7 Å². The third-order valence-corrected chi connectivity index (χ3v) is 6.77. The summed E-state index contributed by atoms with van der Waals surface area (Å²) in [5.41, 5.74) is 4.30. The van der Waals surface area contributed by atoms with Gasteiger partial charge in [-0.1, -0.05) is 19.1 Å². The highest BCUT2D eigenvalue weighted by Crippen LogP contribution is 2.44. The summed E-state index contributed by atoms with van der Waals surface area (Å²) in [5.74, 6) is 0.487. The molecular weight excluding hydrogens is 348 g/mol. The minimum atomic E-state index is 0.0827. The molecule has 0 spiro atoms. The molecule has 5 nitrogen and oxygen atoms in total. The van der Waals surface area contributed by atoms with Crippen LogP contribution >= 0.6 is 0 Å².